The summed E-state index contributed by atoms with van der Waals surface area (Å²) in [5, 5.41) is 1.03. The molecule has 7 heteroatoms. The van der Waals surface area contributed by atoms with Gasteiger partial charge >= 0.3 is 0 Å². The average molecular weight is 594 g/mol. The zero-order valence-corrected chi connectivity index (χ0v) is 23.6. The Hall–Kier alpha value is -1.45. The number of nitrogens with zero attached hydrogens (tertiary/aromatic N) is 3. The summed E-state index contributed by atoms with van der Waals surface area (Å²) in [4.78, 5) is 32.1. The van der Waals surface area contributed by atoms with Crippen LogP contribution in [0, 0.1) is 5.92 Å². The summed E-state index contributed by atoms with van der Waals surface area (Å²) in [6.07, 6.45) is 6.24. The molecule has 6 nitrogen and oxygen atoms in total. The largest absolute Gasteiger partial charge is 0.379 e. The van der Waals surface area contributed by atoms with Crippen LogP contribution in [0.1, 0.15) is 57.9 Å². The van der Waals surface area contributed by atoms with Crippen molar-refractivity contribution < 1.29 is 9.53 Å². The Bertz CT molecular complexity index is 1070. The number of carbonyl (C=O) groups is 1. The van der Waals surface area contributed by atoms with Crippen LogP contribution in [0.2, 0.25) is 0 Å². The topological polar surface area (TPSA) is 54.8 Å². The number of pyridine rings is 1. The van der Waals surface area contributed by atoms with E-state index in [1.165, 1.54) is 6.42 Å². The molecule has 1 aromatic heterocycles. The molecular weight excluding hydrogens is 553 g/mol. The lowest BCUT2D eigenvalue weighted by Gasteiger charge is -2.46. The van der Waals surface area contributed by atoms with E-state index in [9.17, 15) is 9.59 Å². The zero-order chi connectivity index (χ0) is 25.0. The summed E-state index contributed by atoms with van der Waals surface area (Å²) in [5.41, 5.74) is 1.25. The van der Waals surface area contributed by atoms with Gasteiger partial charge in [0.2, 0.25) is 5.91 Å². The van der Waals surface area contributed by atoms with Crippen LogP contribution >= 0.6 is 22.6 Å². The summed E-state index contributed by atoms with van der Waals surface area (Å²) in [6.45, 7) is 9.15. The molecule has 192 valence electrons. The summed E-state index contributed by atoms with van der Waals surface area (Å²) < 4.78 is 7.50. The molecule has 2 unspecified atom stereocenters. The van der Waals surface area contributed by atoms with Crippen molar-refractivity contribution in [3.05, 3.63) is 46.2 Å². The number of rotatable bonds is 8. The Morgan fingerprint density at radius 1 is 1.20 bits per heavy atom. The quantitative estimate of drug-likeness (QED) is 0.328. The van der Waals surface area contributed by atoms with Gasteiger partial charge in [-0.2, -0.15) is 0 Å². The molecule has 0 bridgehead atoms. The number of halogens is 1. The van der Waals surface area contributed by atoms with Crippen molar-refractivity contribution in [1.29, 1.82) is 0 Å². The molecule has 1 aromatic carbocycles. The van der Waals surface area contributed by atoms with E-state index in [-0.39, 0.29) is 26.8 Å². The first-order valence-electron chi connectivity index (χ1n) is 13.1. The van der Waals surface area contributed by atoms with Crippen molar-refractivity contribution in [2.75, 3.05) is 32.8 Å². The fraction of sp³-hybridized carbons (Fsp3) is 0.643. The summed E-state index contributed by atoms with van der Waals surface area (Å²) in [7, 11) is 1.83. The van der Waals surface area contributed by atoms with E-state index < -0.39 is 0 Å². The van der Waals surface area contributed by atoms with E-state index in [0.717, 1.165) is 75.9 Å². The van der Waals surface area contributed by atoms with Crippen molar-refractivity contribution in [2.45, 2.75) is 68.4 Å². The Morgan fingerprint density at radius 2 is 1.89 bits per heavy atom. The first-order chi connectivity index (χ1) is 16.8. The lowest BCUT2D eigenvalue weighted by Crippen LogP contribution is -2.57. The second-order valence-electron chi connectivity index (χ2n) is 10.5. The van der Waals surface area contributed by atoms with Crippen LogP contribution < -0.4 is 5.56 Å². The molecule has 2 fully saturated rings. The van der Waals surface area contributed by atoms with Crippen molar-refractivity contribution in [2.24, 2.45) is 13.0 Å². The van der Waals surface area contributed by atoms with Gasteiger partial charge in [0.15, 0.2) is 0 Å². The highest BCUT2D eigenvalue weighted by molar-refractivity contribution is 14.1. The first kappa shape index (κ1) is 26.6. The number of hydrogen-bond acceptors (Lipinski definition) is 4. The fourth-order valence-corrected chi connectivity index (χ4v) is 6.26. The van der Waals surface area contributed by atoms with Gasteiger partial charge in [-0.3, -0.25) is 14.5 Å². The Labute approximate surface area is 223 Å². The van der Waals surface area contributed by atoms with Crippen molar-refractivity contribution >= 4 is 39.4 Å². The van der Waals surface area contributed by atoms with Crippen molar-refractivity contribution in [3.8, 4) is 0 Å². The van der Waals surface area contributed by atoms with E-state index >= 15 is 0 Å². The number of morpholine rings is 1. The molecule has 1 aliphatic carbocycles. The van der Waals surface area contributed by atoms with E-state index in [2.05, 4.69) is 46.2 Å². The van der Waals surface area contributed by atoms with Crippen LogP contribution in [-0.4, -0.2) is 62.6 Å². The average Bonchev–Trinajstić information content (AvgIpc) is 2.89. The second-order valence-corrected chi connectivity index (χ2v) is 12.4. The van der Waals surface area contributed by atoms with Gasteiger partial charge in [-0.1, -0.05) is 67.0 Å². The van der Waals surface area contributed by atoms with Crippen LogP contribution in [0.4, 0.5) is 0 Å². The van der Waals surface area contributed by atoms with Crippen molar-refractivity contribution in [3.63, 3.8) is 0 Å². The number of ether oxygens (including phenoxy) is 1. The Morgan fingerprint density at radius 3 is 2.57 bits per heavy atom. The van der Waals surface area contributed by atoms with Crippen molar-refractivity contribution in [1.82, 2.24) is 14.4 Å². The maximum absolute atomic E-state index is 14.1. The number of amides is 1. The smallest absolute Gasteiger partial charge is 0.255 e. The van der Waals surface area contributed by atoms with Gasteiger partial charge in [-0.25, -0.2) is 0 Å². The fourth-order valence-electron chi connectivity index (χ4n) is 5.61. The van der Waals surface area contributed by atoms with E-state index in [4.69, 9.17) is 4.74 Å². The van der Waals surface area contributed by atoms with Gasteiger partial charge in [0, 0.05) is 42.1 Å². The molecule has 0 spiro atoms. The molecular formula is C28H40IN3O3. The van der Waals surface area contributed by atoms with Gasteiger partial charge < -0.3 is 14.2 Å². The molecule has 35 heavy (non-hydrogen) atoms. The molecule has 1 amide bonds. The third-order valence-electron chi connectivity index (χ3n) is 8.27. The monoisotopic (exact) mass is 593 g/mol. The SMILES string of the molecule is CC(I)C(C)(CCN1CCOCC1)N(Cc1cc2ccccc2n(C)c1=O)C(=O)C1CCCCC1. The number of carbonyl (C=O) groups excluding carboxylic acids is 1. The molecule has 2 heterocycles. The molecule has 1 saturated carbocycles. The first-order valence-corrected chi connectivity index (χ1v) is 14.4. The number of benzene rings is 1. The summed E-state index contributed by atoms with van der Waals surface area (Å²) in [5.74, 6) is 0.291. The van der Waals surface area contributed by atoms with E-state index in [1.807, 2.05) is 37.4 Å². The molecule has 1 aliphatic heterocycles. The maximum atomic E-state index is 14.1. The molecule has 2 aromatic rings. The normalized spacial score (nSPS) is 20.5. The number of hydrogen-bond donors (Lipinski definition) is 0. The van der Waals surface area contributed by atoms with Crippen LogP contribution in [0.5, 0.6) is 0 Å². The van der Waals surface area contributed by atoms with Crippen LogP contribution in [0.3, 0.4) is 0 Å². The lowest BCUT2D eigenvalue weighted by atomic mass is 9.84. The minimum absolute atomic E-state index is 0.0122. The zero-order valence-electron chi connectivity index (χ0n) is 21.5. The van der Waals surface area contributed by atoms with Gasteiger partial charge in [0.05, 0.1) is 30.8 Å². The third kappa shape index (κ3) is 5.93. The maximum Gasteiger partial charge on any atom is 0.255 e. The molecule has 2 atom stereocenters. The third-order valence-corrected chi connectivity index (χ3v) is 9.61. The van der Waals surface area contributed by atoms with E-state index in [1.54, 1.807) is 4.57 Å². The summed E-state index contributed by atoms with van der Waals surface area (Å²) >= 11 is 2.49. The molecule has 0 radical (unpaired) electrons. The predicted octanol–water partition coefficient (Wildman–Crippen LogP) is 4.75. The van der Waals surface area contributed by atoms with E-state index in [0.29, 0.717) is 12.1 Å². The van der Waals surface area contributed by atoms with Gasteiger partial charge in [-0.05, 0) is 43.7 Å². The van der Waals surface area contributed by atoms with Gasteiger partial charge in [0.1, 0.15) is 0 Å². The number of alkyl halides is 1. The van der Waals surface area contributed by atoms with Crippen LogP contribution in [0.15, 0.2) is 35.1 Å². The minimum Gasteiger partial charge on any atom is -0.379 e. The predicted molar refractivity (Wildman–Crippen MR) is 150 cm³/mol. The summed E-state index contributed by atoms with van der Waals surface area (Å²) in [6, 6.07) is 9.98. The van der Waals surface area contributed by atoms with Crippen LogP contribution in [0.25, 0.3) is 10.9 Å². The Kier molecular flexibility index (Phi) is 8.92. The Balaban J connectivity index is 1.69. The number of fused-ring (bicyclic) bond motifs is 1. The highest BCUT2D eigenvalue weighted by atomic mass is 127. The highest BCUT2D eigenvalue weighted by Crippen LogP contribution is 2.35. The second kappa shape index (κ2) is 11.7. The highest BCUT2D eigenvalue weighted by Gasteiger charge is 2.42. The lowest BCUT2D eigenvalue weighted by molar-refractivity contribution is -0.144. The molecule has 0 N–H and O–H groups in total. The molecule has 2 aliphatic rings. The van der Waals surface area contributed by atoms with Gasteiger partial charge in [0.25, 0.3) is 5.56 Å². The standard InChI is InChI=1S/C28H40IN3O3/c1-21(29)28(2,13-14-31-15-17-35-18-16-31)32(27(34)22-9-5-4-6-10-22)20-24-19-23-11-7-8-12-25(23)30(3)26(24)33/h7-8,11-12,19,21-22H,4-6,9-10,13-18,20H2,1-3H3. The van der Waals surface area contributed by atoms with Gasteiger partial charge in [-0.15, -0.1) is 0 Å². The molecule has 1 saturated heterocycles. The van der Waals surface area contributed by atoms with Crippen LogP contribution in [-0.2, 0) is 23.1 Å². The molecule has 4 rings (SSSR count). The number of para-hydroxylation sites is 1. The number of aryl methyl sites for hydroxylation is 1. The number of aromatic nitrogens is 1. The minimum atomic E-state index is -0.357.